The van der Waals surface area contributed by atoms with Crippen molar-refractivity contribution in [2.45, 2.75) is 47.5 Å². The number of fused-ring (bicyclic) bond motifs is 1. The number of allylic oxidation sites excluding steroid dienone is 1. The molecule has 0 atom stereocenters. The Hall–Kier alpha value is -1.82. The average molecular weight is 290 g/mol. The molecule has 0 aliphatic heterocycles. The summed E-state index contributed by atoms with van der Waals surface area (Å²) in [6.07, 6.45) is 4.62. The Bertz CT molecular complexity index is 739. The minimum Gasteiger partial charge on any atom is -0.0620 e. The minimum atomic E-state index is 0.245. The zero-order valence-electron chi connectivity index (χ0n) is 14.5. The second-order valence-corrected chi connectivity index (χ2v) is 7.44. The molecule has 22 heavy (non-hydrogen) atoms. The highest BCUT2D eigenvalue weighted by Gasteiger charge is 2.25. The standard InChI is InChI=1S/C22H26/c1-6-16-9-7-8-10-19(16)21-15(2)11-12-17-13-18(14-20(17)21)22(3,4)5/h7-12,14H,6,13H2,1-5H3. The summed E-state index contributed by atoms with van der Waals surface area (Å²) in [5, 5.41) is 0. The van der Waals surface area contributed by atoms with E-state index < -0.39 is 0 Å². The minimum absolute atomic E-state index is 0.245. The summed E-state index contributed by atoms with van der Waals surface area (Å²) in [6.45, 7) is 11.4. The predicted molar refractivity (Wildman–Crippen MR) is 97.1 cm³/mol. The third kappa shape index (κ3) is 2.52. The molecule has 0 amide bonds. The van der Waals surface area contributed by atoms with E-state index in [9.17, 15) is 0 Å². The van der Waals surface area contributed by atoms with Crippen molar-refractivity contribution in [2.75, 3.05) is 0 Å². The quantitative estimate of drug-likeness (QED) is 0.616. The van der Waals surface area contributed by atoms with Gasteiger partial charge in [-0.25, -0.2) is 0 Å². The predicted octanol–water partition coefficient (Wildman–Crippen LogP) is 6.21. The Morgan fingerprint density at radius 1 is 1.00 bits per heavy atom. The van der Waals surface area contributed by atoms with Crippen LogP contribution in [0.4, 0.5) is 0 Å². The SMILES string of the molecule is CCc1ccccc1-c1c(C)ccc2c1C=C(C(C)(C)C)C2. The van der Waals surface area contributed by atoms with Gasteiger partial charge in [0.1, 0.15) is 0 Å². The van der Waals surface area contributed by atoms with Crippen LogP contribution in [0.25, 0.3) is 17.2 Å². The van der Waals surface area contributed by atoms with E-state index in [4.69, 9.17) is 0 Å². The molecular weight excluding hydrogens is 264 g/mol. The number of hydrogen-bond acceptors (Lipinski definition) is 0. The molecule has 0 fully saturated rings. The Labute approximate surface area is 134 Å². The van der Waals surface area contributed by atoms with E-state index >= 15 is 0 Å². The zero-order valence-corrected chi connectivity index (χ0v) is 14.5. The van der Waals surface area contributed by atoms with Crippen molar-refractivity contribution >= 4 is 6.08 Å². The van der Waals surface area contributed by atoms with E-state index in [1.807, 2.05) is 0 Å². The average Bonchev–Trinajstić information content (AvgIpc) is 2.91. The third-order valence-corrected chi connectivity index (χ3v) is 4.87. The molecule has 0 unspecified atom stereocenters. The van der Waals surface area contributed by atoms with Crippen LogP contribution in [0.15, 0.2) is 42.0 Å². The molecule has 0 bridgehead atoms. The largest absolute Gasteiger partial charge is 0.0620 e. The number of benzene rings is 2. The molecule has 0 aromatic heterocycles. The smallest absolute Gasteiger partial charge is 0.00523 e. The van der Waals surface area contributed by atoms with Crippen LogP contribution in [0.2, 0.25) is 0 Å². The summed E-state index contributed by atoms with van der Waals surface area (Å²) in [4.78, 5) is 0. The Balaban J connectivity index is 2.23. The summed E-state index contributed by atoms with van der Waals surface area (Å²) in [7, 11) is 0. The monoisotopic (exact) mass is 290 g/mol. The Morgan fingerprint density at radius 2 is 1.73 bits per heavy atom. The maximum Gasteiger partial charge on any atom is -0.00523 e. The van der Waals surface area contributed by atoms with Gasteiger partial charge in [-0.2, -0.15) is 0 Å². The number of rotatable bonds is 2. The summed E-state index contributed by atoms with van der Waals surface area (Å²) in [5.74, 6) is 0. The van der Waals surface area contributed by atoms with Crippen LogP contribution in [0.5, 0.6) is 0 Å². The van der Waals surface area contributed by atoms with Gasteiger partial charge in [0.15, 0.2) is 0 Å². The number of hydrogen-bond donors (Lipinski definition) is 0. The molecule has 2 aromatic carbocycles. The van der Waals surface area contributed by atoms with Gasteiger partial charge in [-0.15, -0.1) is 0 Å². The molecule has 0 nitrogen and oxygen atoms in total. The van der Waals surface area contributed by atoms with Crippen molar-refractivity contribution in [1.82, 2.24) is 0 Å². The first-order valence-corrected chi connectivity index (χ1v) is 8.33. The molecule has 1 aliphatic carbocycles. The van der Waals surface area contributed by atoms with E-state index in [1.165, 1.54) is 33.4 Å². The van der Waals surface area contributed by atoms with Gasteiger partial charge < -0.3 is 0 Å². The molecule has 0 N–H and O–H groups in total. The van der Waals surface area contributed by atoms with E-state index in [1.54, 1.807) is 5.57 Å². The molecule has 0 heterocycles. The van der Waals surface area contributed by atoms with E-state index in [0.717, 1.165) is 12.8 Å². The summed E-state index contributed by atoms with van der Waals surface area (Å²) >= 11 is 0. The summed E-state index contributed by atoms with van der Waals surface area (Å²) in [5.41, 5.74) is 10.4. The molecule has 1 aliphatic rings. The van der Waals surface area contributed by atoms with Crippen LogP contribution in [-0.2, 0) is 12.8 Å². The van der Waals surface area contributed by atoms with Gasteiger partial charge in [0.2, 0.25) is 0 Å². The van der Waals surface area contributed by atoms with Gasteiger partial charge in [0.25, 0.3) is 0 Å². The fourth-order valence-corrected chi connectivity index (χ4v) is 3.43. The molecule has 0 saturated heterocycles. The lowest BCUT2D eigenvalue weighted by Crippen LogP contribution is -2.08. The first-order chi connectivity index (χ1) is 10.4. The second kappa shape index (κ2) is 5.43. The van der Waals surface area contributed by atoms with Gasteiger partial charge in [0.05, 0.1) is 0 Å². The highest BCUT2D eigenvalue weighted by atomic mass is 14.3. The molecule has 0 saturated carbocycles. The summed E-state index contributed by atoms with van der Waals surface area (Å²) < 4.78 is 0. The van der Waals surface area contributed by atoms with Crippen molar-refractivity contribution in [3.05, 3.63) is 64.2 Å². The van der Waals surface area contributed by atoms with Crippen molar-refractivity contribution in [3.8, 4) is 11.1 Å². The highest BCUT2D eigenvalue weighted by Crippen LogP contribution is 2.42. The lowest BCUT2D eigenvalue weighted by Gasteiger charge is -2.19. The van der Waals surface area contributed by atoms with Gasteiger partial charge in [-0.05, 0) is 58.6 Å². The van der Waals surface area contributed by atoms with Gasteiger partial charge in [0, 0.05) is 0 Å². The molecule has 114 valence electrons. The van der Waals surface area contributed by atoms with E-state index in [-0.39, 0.29) is 5.41 Å². The van der Waals surface area contributed by atoms with Crippen molar-refractivity contribution in [1.29, 1.82) is 0 Å². The van der Waals surface area contributed by atoms with Crippen LogP contribution in [-0.4, -0.2) is 0 Å². The molecule has 0 radical (unpaired) electrons. The van der Waals surface area contributed by atoms with Gasteiger partial charge in [-0.3, -0.25) is 0 Å². The van der Waals surface area contributed by atoms with Crippen molar-refractivity contribution in [2.24, 2.45) is 5.41 Å². The first-order valence-electron chi connectivity index (χ1n) is 8.33. The van der Waals surface area contributed by atoms with Crippen LogP contribution < -0.4 is 0 Å². The fraction of sp³-hybridized carbons (Fsp3) is 0.364. The lowest BCUT2D eigenvalue weighted by atomic mass is 9.85. The molecule has 2 aromatic rings. The van der Waals surface area contributed by atoms with Crippen LogP contribution in [0.3, 0.4) is 0 Å². The van der Waals surface area contributed by atoms with Crippen LogP contribution in [0.1, 0.15) is 49.9 Å². The maximum atomic E-state index is 2.45. The van der Waals surface area contributed by atoms with Crippen LogP contribution >= 0.6 is 0 Å². The zero-order chi connectivity index (χ0) is 15.9. The summed E-state index contributed by atoms with van der Waals surface area (Å²) in [6, 6.07) is 13.5. The highest BCUT2D eigenvalue weighted by molar-refractivity contribution is 5.84. The van der Waals surface area contributed by atoms with Crippen molar-refractivity contribution in [3.63, 3.8) is 0 Å². The Kier molecular flexibility index (Phi) is 3.72. The third-order valence-electron chi connectivity index (χ3n) is 4.87. The van der Waals surface area contributed by atoms with E-state index in [0.29, 0.717) is 0 Å². The van der Waals surface area contributed by atoms with Crippen molar-refractivity contribution < 1.29 is 0 Å². The maximum absolute atomic E-state index is 2.45. The fourth-order valence-electron chi connectivity index (χ4n) is 3.43. The molecule has 3 rings (SSSR count). The number of aryl methyl sites for hydroxylation is 2. The lowest BCUT2D eigenvalue weighted by molar-refractivity contribution is 0.498. The topological polar surface area (TPSA) is 0 Å². The molecular formula is C22H26. The first kappa shape index (κ1) is 15.1. The second-order valence-electron chi connectivity index (χ2n) is 7.44. The normalized spacial score (nSPS) is 14.0. The van der Waals surface area contributed by atoms with Crippen LogP contribution in [0, 0.1) is 12.3 Å². The molecule has 0 heteroatoms. The Morgan fingerprint density at radius 3 is 2.41 bits per heavy atom. The van der Waals surface area contributed by atoms with Gasteiger partial charge >= 0.3 is 0 Å². The molecule has 0 spiro atoms. The van der Waals surface area contributed by atoms with E-state index in [2.05, 4.69) is 77.1 Å². The van der Waals surface area contributed by atoms with Gasteiger partial charge in [-0.1, -0.05) is 75.7 Å².